The van der Waals surface area contributed by atoms with E-state index in [1.54, 1.807) is 36.4 Å². The van der Waals surface area contributed by atoms with Crippen LogP contribution in [-0.4, -0.2) is 35.3 Å². The number of ether oxygens (including phenoxy) is 2. The number of carboxylic acids is 1. The molecule has 134 valence electrons. The number of carbonyl (C=O) groups is 1. The zero-order valence-electron chi connectivity index (χ0n) is 14.1. The number of hydrogen-bond donors (Lipinski definition) is 3. The average molecular weight is 355 g/mol. The maximum absolute atomic E-state index is 11.9. The lowest BCUT2D eigenvalue weighted by atomic mass is 10.1. The zero-order chi connectivity index (χ0) is 18.7. The van der Waals surface area contributed by atoms with E-state index in [0.29, 0.717) is 33.7 Å². The maximum atomic E-state index is 11.9. The molecule has 0 fully saturated rings. The van der Waals surface area contributed by atoms with Crippen LogP contribution in [0.15, 0.2) is 47.5 Å². The minimum Gasteiger partial charge on any atom is -0.493 e. The quantitative estimate of drug-likeness (QED) is 0.621. The monoisotopic (exact) mass is 355 g/mol. The Balaban J connectivity index is 1.98. The third kappa shape index (κ3) is 3.30. The molecule has 0 aliphatic heterocycles. The van der Waals surface area contributed by atoms with Crippen molar-refractivity contribution in [3.05, 3.63) is 58.6 Å². The van der Waals surface area contributed by atoms with Crippen molar-refractivity contribution in [2.75, 3.05) is 19.5 Å². The van der Waals surface area contributed by atoms with Gasteiger partial charge in [0.15, 0.2) is 17.5 Å². The summed E-state index contributed by atoms with van der Waals surface area (Å²) in [5.74, 6) is -0.140. The predicted molar refractivity (Wildman–Crippen MR) is 95.9 cm³/mol. The Hall–Kier alpha value is -3.55. The molecule has 0 aliphatic rings. The van der Waals surface area contributed by atoms with E-state index >= 15 is 0 Å². The fourth-order valence-electron chi connectivity index (χ4n) is 2.65. The molecule has 3 aromatic rings. The molecule has 0 saturated heterocycles. The van der Waals surface area contributed by atoms with Crippen molar-refractivity contribution in [1.82, 2.24) is 9.97 Å². The van der Waals surface area contributed by atoms with Crippen molar-refractivity contribution in [3.63, 3.8) is 0 Å². The van der Waals surface area contributed by atoms with Crippen LogP contribution >= 0.6 is 0 Å². The van der Waals surface area contributed by atoms with E-state index in [2.05, 4.69) is 15.3 Å². The number of benzene rings is 2. The number of methoxy groups -OCH3 is 2. The highest BCUT2D eigenvalue weighted by Crippen LogP contribution is 2.31. The zero-order valence-corrected chi connectivity index (χ0v) is 14.1. The molecule has 3 N–H and O–H groups in total. The molecule has 0 spiro atoms. The van der Waals surface area contributed by atoms with Crippen molar-refractivity contribution >= 4 is 22.6 Å². The minimum atomic E-state index is -1.07. The van der Waals surface area contributed by atoms with E-state index in [1.165, 1.54) is 20.5 Å². The Bertz CT molecular complexity index is 1020. The first-order valence-corrected chi connectivity index (χ1v) is 7.72. The van der Waals surface area contributed by atoms with E-state index in [-0.39, 0.29) is 5.56 Å². The summed E-state index contributed by atoms with van der Waals surface area (Å²) in [6, 6.07) is 8.73. The van der Waals surface area contributed by atoms with Crippen LogP contribution in [-0.2, 0) is 4.79 Å². The second-order valence-electron chi connectivity index (χ2n) is 5.49. The van der Waals surface area contributed by atoms with Gasteiger partial charge in [-0.25, -0.2) is 9.78 Å². The smallest absolute Gasteiger partial charge is 0.330 e. The number of nitrogens with one attached hydrogen (secondary N) is 2. The van der Waals surface area contributed by atoms with Crippen LogP contribution in [0.5, 0.6) is 11.5 Å². The Labute approximate surface area is 148 Å². The maximum Gasteiger partial charge on any atom is 0.330 e. The first kappa shape index (κ1) is 17.3. The van der Waals surface area contributed by atoms with Crippen LogP contribution in [0.3, 0.4) is 0 Å². The molecule has 0 saturated carbocycles. The fraction of sp³-hybridized carbons (Fsp3) is 0.167. The highest BCUT2D eigenvalue weighted by Gasteiger charge is 2.21. The lowest BCUT2D eigenvalue weighted by molar-refractivity contribution is -0.138. The average Bonchev–Trinajstić information content (AvgIpc) is 2.66. The Morgan fingerprint density at radius 3 is 2.62 bits per heavy atom. The molecule has 8 nitrogen and oxygen atoms in total. The molecule has 8 heteroatoms. The summed E-state index contributed by atoms with van der Waals surface area (Å²) in [6.07, 6.45) is 1.32. The van der Waals surface area contributed by atoms with Crippen molar-refractivity contribution in [2.24, 2.45) is 0 Å². The van der Waals surface area contributed by atoms with Crippen LogP contribution in [0.2, 0.25) is 0 Å². The van der Waals surface area contributed by atoms with Gasteiger partial charge in [-0.15, -0.1) is 0 Å². The Morgan fingerprint density at radius 2 is 1.92 bits per heavy atom. The normalized spacial score (nSPS) is 11.8. The van der Waals surface area contributed by atoms with Crippen molar-refractivity contribution in [2.45, 2.75) is 6.04 Å². The lowest BCUT2D eigenvalue weighted by Gasteiger charge is -2.18. The van der Waals surface area contributed by atoms with Gasteiger partial charge in [-0.2, -0.15) is 0 Å². The number of rotatable bonds is 6. The highest BCUT2D eigenvalue weighted by atomic mass is 16.5. The Morgan fingerprint density at radius 1 is 1.15 bits per heavy atom. The van der Waals surface area contributed by atoms with Gasteiger partial charge in [0.05, 0.1) is 31.4 Å². The van der Waals surface area contributed by atoms with Gasteiger partial charge in [-0.1, -0.05) is 6.07 Å². The van der Waals surface area contributed by atoms with Gasteiger partial charge in [-0.3, -0.25) is 4.79 Å². The van der Waals surface area contributed by atoms with E-state index in [1.807, 2.05) is 0 Å². The van der Waals surface area contributed by atoms with E-state index < -0.39 is 12.0 Å². The van der Waals surface area contributed by atoms with E-state index in [4.69, 9.17) is 9.47 Å². The van der Waals surface area contributed by atoms with Crippen LogP contribution in [0.25, 0.3) is 10.9 Å². The van der Waals surface area contributed by atoms with Gasteiger partial charge < -0.3 is 24.9 Å². The van der Waals surface area contributed by atoms with Gasteiger partial charge in [-0.05, 0) is 35.9 Å². The van der Waals surface area contributed by atoms with E-state index in [0.717, 1.165) is 0 Å². The molecule has 0 aliphatic carbocycles. The number of carboxylic acid groups (broad SMARTS) is 1. The predicted octanol–water partition coefficient (Wildman–Crippen LogP) is 2.18. The van der Waals surface area contributed by atoms with Gasteiger partial charge >= 0.3 is 5.97 Å². The third-order valence-electron chi connectivity index (χ3n) is 3.94. The minimum absolute atomic E-state index is 0.295. The second kappa shape index (κ2) is 7.14. The van der Waals surface area contributed by atoms with Gasteiger partial charge in [0, 0.05) is 5.69 Å². The molecule has 2 aromatic carbocycles. The lowest BCUT2D eigenvalue weighted by Crippen LogP contribution is -2.20. The standard InChI is InChI=1S/C18H17N3O5/c1-25-14-6-3-10(7-15(14)26-2)16(18(23)24)21-11-4-5-13-12(8-11)17(22)20-9-19-13/h3-9,16,21H,1-2H3,(H,23,24)(H,19,20,22). The van der Waals surface area contributed by atoms with Crippen molar-refractivity contribution < 1.29 is 19.4 Å². The topological polar surface area (TPSA) is 114 Å². The number of aromatic amines is 1. The van der Waals surface area contributed by atoms with Gasteiger partial charge in [0.1, 0.15) is 0 Å². The molecule has 3 rings (SSSR count). The second-order valence-corrected chi connectivity index (χ2v) is 5.49. The summed E-state index contributed by atoms with van der Waals surface area (Å²) in [5, 5.41) is 12.9. The SMILES string of the molecule is COc1ccc(C(Nc2ccc3nc[nH]c(=O)c3c2)C(=O)O)cc1OC. The molecule has 26 heavy (non-hydrogen) atoms. The molecule has 0 amide bonds. The molecule has 0 bridgehead atoms. The number of H-pyrrole nitrogens is 1. The van der Waals surface area contributed by atoms with Crippen molar-refractivity contribution in [1.29, 1.82) is 0 Å². The van der Waals surface area contributed by atoms with Crippen LogP contribution in [0.4, 0.5) is 5.69 Å². The molecular weight excluding hydrogens is 338 g/mol. The van der Waals surface area contributed by atoms with Gasteiger partial charge in [0.25, 0.3) is 5.56 Å². The molecule has 1 heterocycles. The van der Waals surface area contributed by atoms with Crippen LogP contribution < -0.4 is 20.3 Å². The Kier molecular flexibility index (Phi) is 4.74. The van der Waals surface area contributed by atoms with E-state index in [9.17, 15) is 14.7 Å². The van der Waals surface area contributed by atoms with Gasteiger partial charge in [0.2, 0.25) is 0 Å². The number of anilines is 1. The summed E-state index contributed by atoms with van der Waals surface area (Å²) in [6.45, 7) is 0. The summed E-state index contributed by atoms with van der Waals surface area (Å²) in [5.41, 5.74) is 1.20. The number of fused-ring (bicyclic) bond motifs is 1. The molecule has 1 aromatic heterocycles. The summed E-state index contributed by atoms with van der Waals surface area (Å²) >= 11 is 0. The molecule has 0 radical (unpaired) electrons. The number of aromatic nitrogens is 2. The molecular formula is C18H17N3O5. The summed E-state index contributed by atoms with van der Waals surface area (Å²) in [4.78, 5) is 30.2. The van der Waals surface area contributed by atoms with Crippen LogP contribution in [0, 0.1) is 0 Å². The number of nitrogens with zero attached hydrogens (tertiary/aromatic N) is 1. The summed E-state index contributed by atoms with van der Waals surface area (Å²) < 4.78 is 10.4. The van der Waals surface area contributed by atoms with Crippen LogP contribution in [0.1, 0.15) is 11.6 Å². The first-order chi connectivity index (χ1) is 12.5. The first-order valence-electron chi connectivity index (χ1n) is 7.72. The number of aliphatic carboxylic acids is 1. The molecule has 1 atom stereocenters. The van der Waals surface area contributed by atoms with Crippen molar-refractivity contribution in [3.8, 4) is 11.5 Å². The number of hydrogen-bond acceptors (Lipinski definition) is 6. The highest BCUT2D eigenvalue weighted by molar-refractivity contribution is 5.84. The third-order valence-corrected chi connectivity index (χ3v) is 3.94. The largest absolute Gasteiger partial charge is 0.493 e. The summed E-state index contributed by atoms with van der Waals surface area (Å²) in [7, 11) is 2.98. The fourth-order valence-corrected chi connectivity index (χ4v) is 2.65. The molecule has 1 unspecified atom stereocenters.